The van der Waals surface area contributed by atoms with Gasteiger partial charge in [-0.25, -0.2) is 9.18 Å². The van der Waals surface area contributed by atoms with Gasteiger partial charge in [-0.3, -0.25) is 4.79 Å². The van der Waals surface area contributed by atoms with Crippen LogP contribution in [0.25, 0.3) is 6.08 Å². The molecule has 0 bridgehead atoms. The van der Waals surface area contributed by atoms with Crippen molar-refractivity contribution in [3.8, 4) is 11.5 Å². The van der Waals surface area contributed by atoms with Crippen molar-refractivity contribution in [3.05, 3.63) is 98.5 Å². The molecule has 3 aromatic carbocycles. The Morgan fingerprint density at radius 3 is 2.40 bits per heavy atom. The summed E-state index contributed by atoms with van der Waals surface area (Å²) in [4.78, 5) is 23.9. The van der Waals surface area contributed by atoms with E-state index in [0.717, 1.165) is 9.64 Å². The molecule has 0 saturated heterocycles. The molecule has 0 fully saturated rings. The number of carboxylic acid groups (broad SMARTS) is 1. The second-order valence-electron chi connectivity index (χ2n) is 6.38. The molecule has 3 rings (SSSR count). The number of halogens is 2. The quantitative estimate of drug-likeness (QED) is 0.340. The molecule has 0 unspecified atom stereocenters. The lowest BCUT2D eigenvalue weighted by Gasteiger charge is -2.09. The maximum Gasteiger partial charge on any atom is 0.352 e. The van der Waals surface area contributed by atoms with E-state index < -0.39 is 17.7 Å². The molecule has 0 aromatic heterocycles. The van der Waals surface area contributed by atoms with Gasteiger partial charge in [0.25, 0.3) is 5.91 Å². The lowest BCUT2D eigenvalue weighted by Crippen LogP contribution is -2.27. The number of rotatable bonds is 6. The first-order valence-corrected chi connectivity index (χ1v) is 9.96. The van der Waals surface area contributed by atoms with Crippen LogP contribution in [0.3, 0.4) is 0 Å². The topological polar surface area (TPSA) is 75.6 Å². The van der Waals surface area contributed by atoms with Crippen molar-refractivity contribution in [1.29, 1.82) is 0 Å². The summed E-state index contributed by atoms with van der Waals surface area (Å²) < 4.78 is 20.4. The molecular formula is C23H17FINO4. The zero-order chi connectivity index (χ0) is 21.7. The normalized spacial score (nSPS) is 11.1. The van der Waals surface area contributed by atoms with Gasteiger partial charge in [-0.15, -0.1) is 0 Å². The Bertz CT molecular complexity index is 1130. The molecule has 0 aliphatic heterocycles. The highest BCUT2D eigenvalue weighted by Gasteiger charge is 2.14. The first kappa shape index (κ1) is 21.5. The number of aliphatic carboxylic acids is 1. The van der Waals surface area contributed by atoms with Crippen LogP contribution in [0.4, 0.5) is 4.39 Å². The van der Waals surface area contributed by atoms with E-state index in [2.05, 4.69) is 27.9 Å². The number of benzene rings is 3. The highest BCUT2D eigenvalue weighted by atomic mass is 127. The number of nitrogens with one attached hydrogen (secondary N) is 1. The van der Waals surface area contributed by atoms with Crippen molar-refractivity contribution in [3.63, 3.8) is 0 Å². The van der Waals surface area contributed by atoms with Crippen LogP contribution < -0.4 is 10.1 Å². The number of carbonyl (C=O) groups is 2. The molecule has 30 heavy (non-hydrogen) atoms. The number of hydrogen-bond donors (Lipinski definition) is 2. The zero-order valence-corrected chi connectivity index (χ0v) is 18.0. The molecule has 2 N–H and O–H groups in total. The maximum absolute atomic E-state index is 13.7. The number of amides is 1. The Balaban J connectivity index is 1.76. The molecular weight excluding hydrogens is 500 g/mol. The fourth-order valence-corrected chi connectivity index (χ4v) is 3.03. The Hall–Kier alpha value is -3.20. The standard InChI is InChI=1S/C23H17FINO4/c1-14-6-9-16(13-18(14)24)22(27)26-20(23(28)29)12-15-7-10-17(11-8-15)30-21-5-3-2-4-19(21)25/h2-13H,1H3,(H,26,27)(H,28,29). The summed E-state index contributed by atoms with van der Waals surface area (Å²) in [6, 6.07) is 18.3. The molecule has 0 aliphatic rings. The fourth-order valence-electron chi connectivity index (χ4n) is 2.53. The van der Waals surface area contributed by atoms with E-state index in [4.69, 9.17) is 4.74 Å². The summed E-state index contributed by atoms with van der Waals surface area (Å²) in [6.07, 6.45) is 1.32. The van der Waals surface area contributed by atoms with Gasteiger partial charge in [-0.05, 0) is 83.1 Å². The van der Waals surface area contributed by atoms with Crippen LogP contribution in [0.1, 0.15) is 21.5 Å². The number of hydrogen-bond acceptors (Lipinski definition) is 3. The minimum Gasteiger partial charge on any atom is -0.477 e. The SMILES string of the molecule is Cc1ccc(C(=O)NC(=Cc2ccc(Oc3ccccc3I)cc2)C(=O)O)cc1F. The van der Waals surface area contributed by atoms with E-state index in [1.54, 1.807) is 31.2 Å². The largest absolute Gasteiger partial charge is 0.477 e. The Kier molecular flexibility index (Phi) is 6.83. The van der Waals surface area contributed by atoms with Gasteiger partial charge in [0.15, 0.2) is 0 Å². The van der Waals surface area contributed by atoms with Gasteiger partial charge in [0.1, 0.15) is 23.0 Å². The van der Waals surface area contributed by atoms with Crippen molar-refractivity contribution >= 4 is 40.5 Å². The highest BCUT2D eigenvalue weighted by molar-refractivity contribution is 14.1. The van der Waals surface area contributed by atoms with Crippen LogP contribution in [0.15, 0.2) is 72.4 Å². The van der Waals surface area contributed by atoms with E-state index in [-0.39, 0.29) is 11.3 Å². The number of carbonyl (C=O) groups excluding carboxylic acids is 1. The molecule has 0 saturated carbocycles. The number of para-hydroxylation sites is 1. The Morgan fingerprint density at radius 1 is 1.07 bits per heavy atom. The molecule has 0 spiro atoms. The average Bonchev–Trinajstić information content (AvgIpc) is 2.72. The van der Waals surface area contributed by atoms with Gasteiger partial charge in [-0.1, -0.05) is 30.3 Å². The minimum atomic E-state index is -1.31. The van der Waals surface area contributed by atoms with Crippen LogP contribution in [-0.4, -0.2) is 17.0 Å². The molecule has 0 aliphatic carbocycles. The second kappa shape index (κ2) is 9.53. The molecule has 0 atom stereocenters. The molecule has 1 amide bonds. The summed E-state index contributed by atoms with van der Waals surface area (Å²) >= 11 is 2.17. The van der Waals surface area contributed by atoms with Crippen LogP contribution in [-0.2, 0) is 4.79 Å². The molecule has 3 aromatic rings. The first-order valence-electron chi connectivity index (χ1n) is 8.88. The molecule has 0 heterocycles. The third-order valence-corrected chi connectivity index (χ3v) is 5.06. The second-order valence-corrected chi connectivity index (χ2v) is 7.54. The van der Waals surface area contributed by atoms with E-state index in [1.165, 1.54) is 18.2 Å². The van der Waals surface area contributed by atoms with Crippen LogP contribution in [0.5, 0.6) is 11.5 Å². The van der Waals surface area contributed by atoms with Crippen molar-refractivity contribution in [2.45, 2.75) is 6.92 Å². The summed E-state index contributed by atoms with van der Waals surface area (Å²) in [6.45, 7) is 1.58. The smallest absolute Gasteiger partial charge is 0.352 e. The zero-order valence-electron chi connectivity index (χ0n) is 15.9. The van der Waals surface area contributed by atoms with Crippen LogP contribution in [0, 0.1) is 16.3 Å². The van der Waals surface area contributed by atoms with Crippen molar-refractivity contribution in [2.24, 2.45) is 0 Å². The first-order chi connectivity index (χ1) is 14.3. The van der Waals surface area contributed by atoms with Gasteiger partial charge in [0, 0.05) is 5.56 Å². The van der Waals surface area contributed by atoms with Crippen molar-refractivity contribution in [1.82, 2.24) is 5.32 Å². The fraction of sp³-hybridized carbons (Fsp3) is 0.0435. The van der Waals surface area contributed by atoms with E-state index in [1.807, 2.05) is 24.3 Å². The summed E-state index contributed by atoms with van der Waals surface area (Å²) in [5, 5.41) is 11.7. The summed E-state index contributed by atoms with van der Waals surface area (Å²) in [5.41, 5.74) is 0.657. The summed E-state index contributed by atoms with van der Waals surface area (Å²) in [5.74, 6) is -1.25. The number of aryl methyl sites for hydroxylation is 1. The van der Waals surface area contributed by atoms with Crippen LogP contribution >= 0.6 is 22.6 Å². The van der Waals surface area contributed by atoms with E-state index >= 15 is 0 Å². The lowest BCUT2D eigenvalue weighted by atomic mass is 10.1. The number of ether oxygens (including phenoxy) is 1. The highest BCUT2D eigenvalue weighted by Crippen LogP contribution is 2.26. The minimum absolute atomic E-state index is 0.0338. The van der Waals surface area contributed by atoms with Gasteiger partial charge in [0.2, 0.25) is 0 Å². The summed E-state index contributed by atoms with van der Waals surface area (Å²) in [7, 11) is 0. The van der Waals surface area contributed by atoms with E-state index in [9.17, 15) is 19.1 Å². The van der Waals surface area contributed by atoms with Gasteiger partial charge >= 0.3 is 5.97 Å². The van der Waals surface area contributed by atoms with Gasteiger partial charge in [-0.2, -0.15) is 0 Å². The van der Waals surface area contributed by atoms with Gasteiger partial charge in [0.05, 0.1) is 3.57 Å². The van der Waals surface area contributed by atoms with Crippen LogP contribution in [0.2, 0.25) is 0 Å². The van der Waals surface area contributed by atoms with Crippen molar-refractivity contribution < 1.29 is 23.8 Å². The van der Waals surface area contributed by atoms with E-state index in [0.29, 0.717) is 22.6 Å². The average molecular weight is 517 g/mol. The Labute approximate surface area is 186 Å². The predicted octanol–water partition coefficient (Wildman–Crippen LogP) is 5.39. The predicted molar refractivity (Wildman–Crippen MR) is 120 cm³/mol. The monoisotopic (exact) mass is 517 g/mol. The molecule has 152 valence electrons. The van der Waals surface area contributed by atoms with Crippen molar-refractivity contribution in [2.75, 3.05) is 0 Å². The third-order valence-electron chi connectivity index (χ3n) is 4.17. The number of carboxylic acids is 1. The molecule has 0 radical (unpaired) electrons. The maximum atomic E-state index is 13.7. The van der Waals surface area contributed by atoms with Gasteiger partial charge < -0.3 is 15.2 Å². The third kappa shape index (κ3) is 5.44. The molecule has 7 heteroatoms. The lowest BCUT2D eigenvalue weighted by molar-refractivity contribution is -0.132. The Morgan fingerprint density at radius 2 is 1.77 bits per heavy atom. The molecule has 5 nitrogen and oxygen atoms in total.